The molecule has 0 saturated carbocycles. The minimum absolute atomic E-state index is 0. The van der Waals surface area contributed by atoms with Gasteiger partial charge in [0.25, 0.3) is 0 Å². The van der Waals surface area contributed by atoms with Gasteiger partial charge in [0.05, 0.1) is 5.69 Å². The zero-order valence-corrected chi connectivity index (χ0v) is 11.0. The van der Waals surface area contributed by atoms with Gasteiger partial charge in [-0.3, -0.25) is 0 Å². The molecule has 2 aromatic carbocycles. The van der Waals surface area contributed by atoms with E-state index >= 15 is 0 Å². The highest BCUT2D eigenvalue weighted by Gasteiger charge is 2.16. The lowest BCUT2D eigenvalue weighted by atomic mass is 10.0. The zero-order chi connectivity index (χ0) is 11.1. The van der Waals surface area contributed by atoms with E-state index in [0.29, 0.717) is 0 Å². The van der Waals surface area contributed by atoms with Crippen molar-refractivity contribution in [3.63, 3.8) is 0 Å². The summed E-state index contributed by atoms with van der Waals surface area (Å²) in [5.74, 6) is 0.125. The maximum absolute atomic E-state index is 5.44. The highest BCUT2D eigenvalue weighted by molar-refractivity contribution is 8.93. The van der Waals surface area contributed by atoms with Crippen LogP contribution in [-0.4, -0.2) is 5.96 Å². The van der Waals surface area contributed by atoms with Crippen molar-refractivity contribution in [3.05, 3.63) is 41.5 Å². The Bertz CT molecular complexity index is 601. The van der Waals surface area contributed by atoms with Crippen LogP contribution in [0.5, 0.6) is 0 Å². The quantitative estimate of drug-likeness (QED) is 0.626. The van der Waals surface area contributed by atoms with Crippen molar-refractivity contribution < 1.29 is 0 Å². The van der Waals surface area contributed by atoms with Gasteiger partial charge in [0.15, 0.2) is 5.96 Å². The number of nitrogens with two attached hydrogens (primary N) is 2. The molecule has 0 aliphatic heterocycles. The van der Waals surface area contributed by atoms with Crippen molar-refractivity contribution in [1.29, 1.82) is 0 Å². The molecule has 2 aromatic rings. The molecule has 1 aliphatic carbocycles. The Morgan fingerprint density at radius 1 is 1.06 bits per heavy atom. The van der Waals surface area contributed by atoms with E-state index < -0.39 is 0 Å². The molecule has 1 aliphatic rings. The molecule has 4 N–H and O–H groups in total. The number of hydrogen-bond donors (Lipinski definition) is 2. The molecular formula is C13H14BrN3. The monoisotopic (exact) mass is 291 g/mol. The topological polar surface area (TPSA) is 64.4 Å². The molecule has 0 saturated heterocycles. The fourth-order valence-corrected chi connectivity index (χ4v) is 2.49. The van der Waals surface area contributed by atoms with Crippen molar-refractivity contribution in [1.82, 2.24) is 0 Å². The van der Waals surface area contributed by atoms with Crippen LogP contribution >= 0.6 is 17.0 Å². The molecule has 0 fully saturated rings. The third-order valence-electron chi connectivity index (χ3n) is 3.11. The van der Waals surface area contributed by atoms with Crippen molar-refractivity contribution in [2.75, 3.05) is 0 Å². The lowest BCUT2D eigenvalue weighted by Crippen LogP contribution is -2.22. The fraction of sp³-hybridized carbons (Fsp3) is 0.154. The molecule has 3 rings (SSSR count). The minimum Gasteiger partial charge on any atom is -0.370 e. The lowest BCUT2D eigenvalue weighted by Gasteiger charge is -2.05. The van der Waals surface area contributed by atoms with E-state index in [4.69, 9.17) is 11.5 Å². The number of halogens is 1. The molecule has 0 amide bonds. The second-order valence-corrected chi connectivity index (χ2v) is 4.12. The Kier molecular flexibility index (Phi) is 3.07. The number of benzene rings is 2. The molecule has 0 radical (unpaired) electrons. The lowest BCUT2D eigenvalue weighted by molar-refractivity contribution is 1.02. The Labute approximate surface area is 110 Å². The van der Waals surface area contributed by atoms with Gasteiger partial charge in [0.1, 0.15) is 0 Å². The molecule has 17 heavy (non-hydrogen) atoms. The van der Waals surface area contributed by atoms with Gasteiger partial charge < -0.3 is 11.5 Å². The van der Waals surface area contributed by atoms with Gasteiger partial charge in [-0.15, -0.1) is 17.0 Å². The number of aliphatic imine (C=N–C) groups is 1. The van der Waals surface area contributed by atoms with Gasteiger partial charge in [-0.2, -0.15) is 0 Å². The van der Waals surface area contributed by atoms with Crippen molar-refractivity contribution in [3.8, 4) is 0 Å². The van der Waals surface area contributed by atoms with E-state index in [-0.39, 0.29) is 22.9 Å². The van der Waals surface area contributed by atoms with E-state index in [1.165, 1.54) is 21.9 Å². The van der Waals surface area contributed by atoms with Gasteiger partial charge in [-0.1, -0.05) is 24.3 Å². The first-order valence-corrected chi connectivity index (χ1v) is 5.39. The van der Waals surface area contributed by atoms with E-state index in [1.807, 2.05) is 6.07 Å². The van der Waals surface area contributed by atoms with Crippen LogP contribution in [0.4, 0.5) is 5.69 Å². The number of nitrogens with zero attached hydrogens (tertiary/aromatic N) is 1. The average Bonchev–Trinajstić information content (AvgIpc) is 2.68. The van der Waals surface area contributed by atoms with Crippen LogP contribution in [0.1, 0.15) is 11.1 Å². The van der Waals surface area contributed by atoms with E-state index in [1.54, 1.807) is 0 Å². The average molecular weight is 292 g/mol. The van der Waals surface area contributed by atoms with Gasteiger partial charge in [0, 0.05) is 0 Å². The highest BCUT2D eigenvalue weighted by Crippen LogP contribution is 2.36. The van der Waals surface area contributed by atoms with E-state index in [9.17, 15) is 0 Å². The summed E-state index contributed by atoms with van der Waals surface area (Å²) in [6, 6.07) is 10.5. The molecule has 3 nitrogen and oxygen atoms in total. The normalized spacial score (nSPS) is 12.2. The van der Waals surface area contributed by atoms with Crippen LogP contribution in [0.25, 0.3) is 10.8 Å². The predicted molar refractivity (Wildman–Crippen MR) is 77.1 cm³/mol. The second kappa shape index (κ2) is 4.37. The molecule has 0 bridgehead atoms. The number of rotatable bonds is 1. The van der Waals surface area contributed by atoms with Crippen molar-refractivity contribution in [2.24, 2.45) is 16.5 Å². The third kappa shape index (κ3) is 1.89. The summed E-state index contributed by atoms with van der Waals surface area (Å²) in [7, 11) is 0. The largest absolute Gasteiger partial charge is 0.370 e. The SMILES string of the molecule is Br.NC(N)=Nc1ccc2cccc3c2c1CC3. The molecule has 4 heteroatoms. The maximum atomic E-state index is 5.44. The zero-order valence-electron chi connectivity index (χ0n) is 9.31. The second-order valence-electron chi connectivity index (χ2n) is 4.12. The number of aryl methyl sites for hydroxylation is 2. The van der Waals surface area contributed by atoms with Gasteiger partial charge >= 0.3 is 0 Å². The number of hydrogen-bond acceptors (Lipinski definition) is 1. The third-order valence-corrected chi connectivity index (χ3v) is 3.11. The van der Waals surface area contributed by atoms with Gasteiger partial charge in [-0.05, 0) is 40.8 Å². The summed E-state index contributed by atoms with van der Waals surface area (Å²) < 4.78 is 0. The molecule has 0 aromatic heterocycles. The minimum atomic E-state index is 0. The Balaban J connectivity index is 0.00000108. The Morgan fingerprint density at radius 3 is 2.65 bits per heavy atom. The predicted octanol–water partition coefficient (Wildman–Crippen LogP) is 2.42. The standard InChI is InChI=1S/C13H13N3.BrH/c14-13(15)16-11-7-5-9-3-1-2-8-4-6-10(11)12(8)9;/h1-3,5,7H,4,6H2,(H4,14,15,16);1H. The van der Waals surface area contributed by atoms with Crippen LogP contribution in [0.2, 0.25) is 0 Å². The van der Waals surface area contributed by atoms with Crippen molar-refractivity contribution >= 4 is 39.4 Å². The molecule has 0 spiro atoms. The summed E-state index contributed by atoms with van der Waals surface area (Å²) >= 11 is 0. The molecule has 0 heterocycles. The van der Waals surface area contributed by atoms with Crippen LogP contribution in [0.3, 0.4) is 0 Å². The summed E-state index contributed by atoms with van der Waals surface area (Å²) in [6.45, 7) is 0. The molecule has 0 unspecified atom stereocenters. The van der Waals surface area contributed by atoms with Crippen LogP contribution in [-0.2, 0) is 12.8 Å². The van der Waals surface area contributed by atoms with Crippen LogP contribution in [0.15, 0.2) is 35.3 Å². The summed E-state index contributed by atoms with van der Waals surface area (Å²) in [5, 5.41) is 2.62. The Morgan fingerprint density at radius 2 is 1.88 bits per heavy atom. The highest BCUT2D eigenvalue weighted by atomic mass is 79.9. The smallest absolute Gasteiger partial charge is 0.191 e. The van der Waals surface area contributed by atoms with Gasteiger partial charge in [0.2, 0.25) is 0 Å². The molecule has 88 valence electrons. The first-order valence-electron chi connectivity index (χ1n) is 5.39. The summed E-state index contributed by atoms with van der Waals surface area (Å²) in [5.41, 5.74) is 14.5. The first kappa shape index (κ1) is 11.9. The fourth-order valence-electron chi connectivity index (χ4n) is 2.49. The Hall–Kier alpha value is -1.55. The maximum Gasteiger partial charge on any atom is 0.191 e. The van der Waals surface area contributed by atoms with E-state index in [0.717, 1.165) is 18.5 Å². The molecular weight excluding hydrogens is 278 g/mol. The van der Waals surface area contributed by atoms with E-state index in [2.05, 4.69) is 29.3 Å². The van der Waals surface area contributed by atoms with Gasteiger partial charge in [-0.25, -0.2) is 4.99 Å². The first-order chi connectivity index (χ1) is 7.75. The van der Waals surface area contributed by atoms with Crippen molar-refractivity contribution in [2.45, 2.75) is 12.8 Å². The summed E-state index contributed by atoms with van der Waals surface area (Å²) in [4.78, 5) is 4.19. The van der Waals surface area contributed by atoms with Crippen LogP contribution in [0, 0.1) is 0 Å². The number of guanidine groups is 1. The summed E-state index contributed by atoms with van der Waals surface area (Å²) in [6.07, 6.45) is 2.12. The molecule has 0 atom stereocenters. The van der Waals surface area contributed by atoms with Crippen LogP contribution < -0.4 is 11.5 Å².